The van der Waals surface area contributed by atoms with Crippen molar-refractivity contribution in [3.8, 4) is 5.75 Å². The monoisotopic (exact) mass is 300 g/mol. The van der Waals surface area contributed by atoms with Crippen molar-refractivity contribution in [1.29, 1.82) is 0 Å². The maximum Gasteiger partial charge on any atom is 0.340 e. The Labute approximate surface area is 129 Å². The molecule has 0 saturated heterocycles. The fourth-order valence-corrected chi connectivity index (χ4v) is 2.39. The van der Waals surface area contributed by atoms with Crippen LogP contribution in [-0.4, -0.2) is 42.4 Å². The van der Waals surface area contributed by atoms with Crippen LogP contribution in [0.3, 0.4) is 0 Å². The molecule has 0 aromatic heterocycles. The van der Waals surface area contributed by atoms with Crippen molar-refractivity contribution >= 4 is 29.1 Å². The number of hydrogen-bond acceptors (Lipinski definition) is 5. The van der Waals surface area contributed by atoms with Crippen molar-refractivity contribution in [2.45, 2.75) is 13.3 Å². The van der Waals surface area contributed by atoms with E-state index in [0.29, 0.717) is 33.8 Å². The molecular formula is C17H20N2O3. The second-order valence-electron chi connectivity index (χ2n) is 5.13. The van der Waals surface area contributed by atoms with E-state index < -0.39 is 5.97 Å². The van der Waals surface area contributed by atoms with Crippen molar-refractivity contribution in [2.24, 2.45) is 4.99 Å². The average Bonchev–Trinajstić information content (AvgIpc) is 2.81. The molecule has 5 nitrogen and oxygen atoms in total. The Kier molecular flexibility index (Phi) is 4.65. The highest BCUT2D eigenvalue weighted by Crippen LogP contribution is 2.20. The molecule has 2 rings (SSSR count). The lowest BCUT2D eigenvalue weighted by molar-refractivity contribution is -0.135. The van der Waals surface area contributed by atoms with Crippen LogP contribution in [0.2, 0.25) is 0 Å². The quantitative estimate of drug-likeness (QED) is 0.652. The third-order valence-electron chi connectivity index (χ3n) is 3.20. The Morgan fingerprint density at radius 2 is 2.18 bits per heavy atom. The van der Waals surface area contributed by atoms with E-state index in [1.807, 2.05) is 19.0 Å². The molecule has 0 unspecified atom stereocenters. The molecule has 0 spiro atoms. The van der Waals surface area contributed by atoms with Gasteiger partial charge in [-0.25, -0.2) is 4.79 Å². The van der Waals surface area contributed by atoms with Gasteiger partial charge in [0.2, 0.25) is 0 Å². The summed E-state index contributed by atoms with van der Waals surface area (Å²) in [6.45, 7) is 5.74. The predicted octanol–water partition coefficient (Wildman–Crippen LogP) is 1.07. The van der Waals surface area contributed by atoms with Crippen LogP contribution in [0.1, 0.15) is 13.3 Å². The van der Waals surface area contributed by atoms with Crippen LogP contribution in [0.5, 0.6) is 5.75 Å². The maximum absolute atomic E-state index is 12.4. The SMILES string of the molecule is C=CCC1=Nc2ccc(O)/c(=C/N(C)C)c2=C1C(=O)OCC. The summed E-state index contributed by atoms with van der Waals surface area (Å²) in [5.74, 6) is -0.329. The number of carbonyl (C=O) groups is 1. The zero-order valence-electron chi connectivity index (χ0n) is 13.1. The zero-order chi connectivity index (χ0) is 16.3. The number of nitrogens with zero attached hydrogens (tertiary/aromatic N) is 2. The van der Waals surface area contributed by atoms with Crippen LogP contribution in [0, 0.1) is 0 Å². The number of esters is 1. The third kappa shape index (κ3) is 2.88. The maximum atomic E-state index is 12.4. The molecule has 1 aliphatic rings. The van der Waals surface area contributed by atoms with Crippen LogP contribution in [0.25, 0.3) is 11.8 Å². The second kappa shape index (κ2) is 6.47. The summed E-state index contributed by atoms with van der Waals surface area (Å²) in [7, 11) is 3.70. The van der Waals surface area contributed by atoms with Gasteiger partial charge in [-0.05, 0) is 19.1 Å². The van der Waals surface area contributed by atoms with Crippen LogP contribution in [0.4, 0.5) is 5.69 Å². The van der Waals surface area contributed by atoms with Crippen molar-refractivity contribution in [2.75, 3.05) is 20.7 Å². The van der Waals surface area contributed by atoms with Gasteiger partial charge in [-0.15, -0.1) is 6.58 Å². The fourth-order valence-electron chi connectivity index (χ4n) is 2.39. The second-order valence-corrected chi connectivity index (χ2v) is 5.13. The summed E-state index contributed by atoms with van der Waals surface area (Å²) < 4.78 is 5.16. The van der Waals surface area contributed by atoms with Gasteiger partial charge in [0.25, 0.3) is 0 Å². The number of fused-ring (bicyclic) bond motifs is 1. The highest BCUT2D eigenvalue weighted by Gasteiger charge is 2.25. The Bertz CT molecular complexity index is 761. The molecule has 1 aromatic carbocycles. The number of hydrogen-bond donors (Lipinski definition) is 1. The minimum atomic E-state index is -0.430. The zero-order valence-corrected chi connectivity index (χ0v) is 13.1. The number of rotatable bonds is 5. The van der Waals surface area contributed by atoms with E-state index in [1.165, 1.54) is 0 Å². The number of aliphatic imine (C=N–C) groups is 1. The first-order valence-electron chi connectivity index (χ1n) is 7.10. The summed E-state index contributed by atoms with van der Waals surface area (Å²) in [4.78, 5) is 18.7. The molecule has 5 heteroatoms. The van der Waals surface area contributed by atoms with Gasteiger partial charge in [-0.3, -0.25) is 4.99 Å². The van der Waals surface area contributed by atoms with Crippen molar-refractivity contribution in [1.82, 2.24) is 4.90 Å². The lowest BCUT2D eigenvalue weighted by atomic mass is 10.0. The Hall–Kier alpha value is -2.56. The van der Waals surface area contributed by atoms with Gasteiger partial charge in [-0.1, -0.05) is 6.08 Å². The molecule has 116 valence electrons. The number of allylic oxidation sites excluding steroid dienone is 1. The smallest absolute Gasteiger partial charge is 0.340 e. The van der Waals surface area contributed by atoms with Gasteiger partial charge >= 0.3 is 5.97 Å². The van der Waals surface area contributed by atoms with Crippen LogP contribution >= 0.6 is 0 Å². The van der Waals surface area contributed by atoms with Gasteiger partial charge in [0.15, 0.2) is 0 Å². The number of phenolic OH excluding ortho intramolecular Hbond substituents is 1. The molecule has 1 aromatic rings. The molecule has 0 atom stereocenters. The molecule has 22 heavy (non-hydrogen) atoms. The largest absolute Gasteiger partial charge is 0.507 e. The first-order valence-corrected chi connectivity index (χ1v) is 7.10. The van der Waals surface area contributed by atoms with E-state index >= 15 is 0 Å². The van der Waals surface area contributed by atoms with E-state index in [1.54, 1.807) is 31.3 Å². The lowest BCUT2D eigenvalue weighted by Gasteiger charge is -2.07. The number of benzene rings is 1. The first-order chi connectivity index (χ1) is 10.5. The van der Waals surface area contributed by atoms with E-state index in [2.05, 4.69) is 11.6 Å². The standard InChI is InChI=1S/C17H20N2O3/c1-5-7-12-16(17(21)22-6-2)15-11(10-19(3)4)14(20)9-8-13(15)18-12/h5,8-10,20H,1,6-7H2,2-4H3/b11-10-. The number of ether oxygens (including phenoxy) is 1. The molecule has 0 amide bonds. The summed E-state index contributed by atoms with van der Waals surface area (Å²) in [6.07, 6.45) is 3.92. The number of aromatic hydroxyl groups is 1. The topological polar surface area (TPSA) is 62.1 Å². The van der Waals surface area contributed by atoms with Crippen molar-refractivity contribution in [3.63, 3.8) is 0 Å². The van der Waals surface area contributed by atoms with Gasteiger partial charge in [0, 0.05) is 37.2 Å². The summed E-state index contributed by atoms with van der Waals surface area (Å²) in [5, 5.41) is 11.4. The van der Waals surface area contributed by atoms with E-state index in [4.69, 9.17) is 4.74 Å². The average molecular weight is 300 g/mol. The molecule has 1 aliphatic heterocycles. The lowest BCUT2D eigenvalue weighted by Crippen LogP contribution is -2.32. The minimum absolute atomic E-state index is 0.101. The normalized spacial score (nSPS) is 13.7. The third-order valence-corrected chi connectivity index (χ3v) is 3.20. The van der Waals surface area contributed by atoms with Crippen LogP contribution in [0.15, 0.2) is 29.8 Å². The highest BCUT2D eigenvalue weighted by atomic mass is 16.5. The van der Waals surface area contributed by atoms with Crippen molar-refractivity contribution < 1.29 is 14.6 Å². The first kappa shape index (κ1) is 15.8. The van der Waals surface area contributed by atoms with Gasteiger partial charge in [0.05, 0.1) is 23.6 Å². The van der Waals surface area contributed by atoms with E-state index in [-0.39, 0.29) is 12.4 Å². The molecule has 1 N–H and O–H groups in total. The van der Waals surface area contributed by atoms with E-state index in [9.17, 15) is 9.90 Å². The molecule has 1 heterocycles. The highest BCUT2D eigenvalue weighted by molar-refractivity contribution is 6.43. The molecule has 0 radical (unpaired) electrons. The predicted molar refractivity (Wildman–Crippen MR) is 87.5 cm³/mol. The Morgan fingerprint density at radius 3 is 2.77 bits per heavy atom. The summed E-state index contributed by atoms with van der Waals surface area (Å²) >= 11 is 0. The van der Waals surface area contributed by atoms with Crippen molar-refractivity contribution in [3.05, 3.63) is 35.2 Å². The molecule has 0 bridgehead atoms. The summed E-state index contributed by atoms with van der Waals surface area (Å²) in [6, 6.07) is 3.28. The molecule has 0 saturated carbocycles. The van der Waals surface area contributed by atoms with Crippen LogP contribution in [-0.2, 0) is 9.53 Å². The summed E-state index contributed by atoms with van der Waals surface area (Å²) in [5.41, 5.74) is 1.68. The van der Waals surface area contributed by atoms with Gasteiger partial charge in [-0.2, -0.15) is 0 Å². The Balaban J connectivity index is 2.84. The fraction of sp³-hybridized carbons (Fsp3) is 0.294. The molecule has 0 aliphatic carbocycles. The molecule has 0 fully saturated rings. The Morgan fingerprint density at radius 1 is 1.45 bits per heavy atom. The molecular weight excluding hydrogens is 280 g/mol. The van der Waals surface area contributed by atoms with Gasteiger partial charge in [0.1, 0.15) is 5.75 Å². The minimum Gasteiger partial charge on any atom is -0.507 e. The van der Waals surface area contributed by atoms with Crippen LogP contribution < -0.4 is 10.4 Å². The number of phenols is 1. The van der Waals surface area contributed by atoms with Gasteiger partial charge < -0.3 is 14.7 Å². The number of carbonyl (C=O) groups excluding carboxylic acids is 1. The van der Waals surface area contributed by atoms with E-state index in [0.717, 1.165) is 0 Å².